The summed E-state index contributed by atoms with van der Waals surface area (Å²) in [6.45, 7) is 3.71. The van der Waals surface area contributed by atoms with Crippen molar-refractivity contribution < 1.29 is 9.50 Å². The summed E-state index contributed by atoms with van der Waals surface area (Å²) in [5, 5.41) is 12.7. The van der Waals surface area contributed by atoms with E-state index in [-0.39, 0.29) is 11.4 Å². The van der Waals surface area contributed by atoms with Crippen LogP contribution in [0.4, 0.5) is 16.2 Å². The summed E-state index contributed by atoms with van der Waals surface area (Å²) in [4.78, 5) is 18.7. The Morgan fingerprint density at radius 2 is 1.74 bits per heavy atom. The van der Waals surface area contributed by atoms with Crippen molar-refractivity contribution in [3.63, 3.8) is 0 Å². The highest BCUT2D eigenvalue weighted by molar-refractivity contribution is 6.00. The molecule has 0 amide bonds. The maximum absolute atomic E-state index is 16.2. The number of rotatable bonds is 3. The van der Waals surface area contributed by atoms with Crippen LogP contribution in [0.2, 0.25) is 0 Å². The Bertz CT molecular complexity index is 1420. The van der Waals surface area contributed by atoms with Gasteiger partial charge in [0.25, 0.3) is 0 Å². The van der Waals surface area contributed by atoms with Gasteiger partial charge in [-0.05, 0) is 60.4 Å². The monoisotopic (exact) mass is 455 g/mol. The van der Waals surface area contributed by atoms with Crippen molar-refractivity contribution in [2.45, 2.75) is 25.7 Å². The maximum atomic E-state index is 16.2. The molecule has 2 bridgehead atoms. The van der Waals surface area contributed by atoms with Crippen LogP contribution >= 0.6 is 0 Å². The van der Waals surface area contributed by atoms with Crippen LogP contribution in [0.5, 0.6) is 5.75 Å². The molecular weight excluding hydrogens is 429 g/mol. The lowest BCUT2D eigenvalue weighted by Crippen LogP contribution is -2.40. The predicted molar refractivity (Wildman–Crippen MR) is 132 cm³/mol. The number of aromatic hydroxyl groups is 1. The van der Waals surface area contributed by atoms with Crippen molar-refractivity contribution in [1.29, 1.82) is 0 Å². The van der Waals surface area contributed by atoms with Gasteiger partial charge < -0.3 is 14.9 Å². The average Bonchev–Trinajstić information content (AvgIpc) is 3.15. The van der Waals surface area contributed by atoms with Gasteiger partial charge in [-0.15, -0.1) is 0 Å². The molecule has 7 rings (SSSR count). The molecule has 34 heavy (non-hydrogen) atoms. The number of fused-ring (bicyclic) bond motifs is 4. The van der Waals surface area contributed by atoms with E-state index in [0.29, 0.717) is 34.3 Å². The fraction of sp³-hybridized carbons (Fsp3) is 0.370. The predicted octanol–water partition coefficient (Wildman–Crippen LogP) is 5.14. The van der Waals surface area contributed by atoms with Crippen molar-refractivity contribution in [1.82, 2.24) is 15.0 Å². The Balaban J connectivity index is 1.44. The summed E-state index contributed by atoms with van der Waals surface area (Å²) in [6.07, 6.45) is 6.65. The Morgan fingerprint density at radius 3 is 2.50 bits per heavy atom. The van der Waals surface area contributed by atoms with Crippen LogP contribution in [-0.2, 0) is 0 Å². The fourth-order valence-corrected chi connectivity index (χ4v) is 5.99. The minimum atomic E-state index is -0.460. The molecule has 2 aliphatic heterocycles. The maximum Gasteiger partial charge on any atom is 0.228 e. The first-order chi connectivity index (χ1) is 16.6. The van der Waals surface area contributed by atoms with E-state index in [1.165, 1.54) is 19.3 Å². The van der Waals surface area contributed by atoms with Crippen LogP contribution in [0.3, 0.4) is 0 Å². The van der Waals surface area contributed by atoms with Gasteiger partial charge in [0.2, 0.25) is 5.95 Å². The van der Waals surface area contributed by atoms with Crippen molar-refractivity contribution >= 4 is 33.4 Å². The zero-order valence-corrected chi connectivity index (χ0v) is 18.9. The van der Waals surface area contributed by atoms with E-state index >= 15 is 4.39 Å². The first-order valence-corrected chi connectivity index (χ1v) is 12.2. The van der Waals surface area contributed by atoms with E-state index in [9.17, 15) is 5.11 Å². The highest BCUT2D eigenvalue weighted by atomic mass is 19.1. The lowest BCUT2D eigenvalue weighted by atomic mass is 9.98. The van der Waals surface area contributed by atoms with E-state index in [4.69, 9.17) is 9.97 Å². The smallest absolute Gasteiger partial charge is 0.228 e. The minimum Gasteiger partial charge on any atom is -0.508 e. The molecule has 7 heteroatoms. The summed E-state index contributed by atoms with van der Waals surface area (Å²) >= 11 is 0. The van der Waals surface area contributed by atoms with Crippen LogP contribution in [0.1, 0.15) is 25.7 Å². The van der Waals surface area contributed by atoms with Gasteiger partial charge in [-0.25, -0.2) is 9.37 Å². The zero-order valence-electron chi connectivity index (χ0n) is 18.9. The second kappa shape index (κ2) is 7.52. The lowest BCUT2D eigenvalue weighted by Gasteiger charge is -2.35. The molecule has 0 radical (unpaired) electrons. The molecule has 2 atom stereocenters. The van der Waals surface area contributed by atoms with Crippen LogP contribution in [0, 0.1) is 17.7 Å². The van der Waals surface area contributed by atoms with Crippen LogP contribution in [0.15, 0.2) is 42.6 Å². The van der Waals surface area contributed by atoms with Gasteiger partial charge in [-0.2, -0.15) is 4.98 Å². The molecule has 1 aliphatic carbocycles. The number of phenolic OH excluding ortho intramolecular Hbond substituents is 1. The van der Waals surface area contributed by atoms with Crippen molar-refractivity contribution in [3.05, 3.63) is 48.4 Å². The molecule has 1 N–H and O–H groups in total. The Hall–Kier alpha value is -3.48. The largest absolute Gasteiger partial charge is 0.508 e. The number of halogens is 1. The summed E-state index contributed by atoms with van der Waals surface area (Å²) in [7, 11) is 0. The van der Waals surface area contributed by atoms with E-state index in [1.807, 2.05) is 24.3 Å². The molecule has 0 spiro atoms. The number of benzene rings is 2. The molecule has 2 aromatic carbocycles. The second-order valence-corrected chi connectivity index (χ2v) is 10.0. The van der Waals surface area contributed by atoms with E-state index in [0.717, 1.165) is 49.2 Å². The second-order valence-electron chi connectivity index (χ2n) is 10.0. The number of nitrogens with zero attached hydrogens (tertiary/aromatic N) is 5. The van der Waals surface area contributed by atoms with Gasteiger partial charge >= 0.3 is 0 Å². The number of anilines is 2. The van der Waals surface area contributed by atoms with Gasteiger partial charge in [-0.1, -0.05) is 24.3 Å². The van der Waals surface area contributed by atoms with Gasteiger partial charge in [0.1, 0.15) is 22.8 Å². The summed E-state index contributed by atoms with van der Waals surface area (Å²) < 4.78 is 16.2. The van der Waals surface area contributed by atoms with Crippen molar-refractivity contribution in [2.24, 2.45) is 11.8 Å². The van der Waals surface area contributed by atoms with Gasteiger partial charge in [0.05, 0.1) is 5.39 Å². The molecule has 2 unspecified atom stereocenters. The molecule has 3 fully saturated rings. The quantitative estimate of drug-likeness (QED) is 0.462. The summed E-state index contributed by atoms with van der Waals surface area (Å²) in [5.74, 6) is 2.41. The van der Waals surface area contributed by atoms with Crippen molar-refractivity contribution in [3.8, 4) is 17.0 Å². The molecule has 2 aromatic heterocycles. The first kappa shape index (κ1) is 19.9. The van der Waals surface area contributed by atoms with Gasteiger partial charge in [0.15, 0.2) is 5.82 Å². The van der Waals surface area contributed by atoms with E-state index < -0.39 is 5.82 Å². The number of phenols is 1. The molecule has 2 saturated heterocycles. The first-order valence-electron chi connectivity index (χ1n) is 12.2. The average molecular weight is 456 g/mol. The molecule has 6 nitrogen and oxygen atoms in total. The molecular formula is C27H26FN5O. The third-order valence-corrected chi connectivity index (χ3v) is 7.80. The minimum absolute atomic E-state index is 0.0865. The Morgan fingerprint density at radius 1 is 0.941 bits per heavy atom. The number of aromatic nitrogens is 3. The topological polar surface area (TPSA) is 65.4 Å². The number of pyridine rings is 1. The third-order valence-electron chi connectivity index (χ3n) is 7.80. The number of piperidine rings is 1. The lowest BCUT2D eigenvalue weighted by molar-refractivity contribution is 0.419. The highest BCUT2D eigenvalue weighted by Crippen LogP contribution is 2.41. The molecule has 4 aromatic rings. The van der Waals surface area contributed by atoms with E-state index in [2.05, 4.69) is 14.8 Å². The summed E-state index contributed by atoms with van der Waals surface area (Å²) in [5.41, 5.74) is 1.08. The number of hydrogen-bond acceptors (Lipinski definition) is 6. The highest BCUT2D eigenvalue weighted by Gasteiger charge is 2.35. The SMILES string of the molecule is Oc1cc(-c2ncc3c(N4CC5CCC(C5)C4)nc(N4CCC4)nc3c2F)c2ccccc2c1. The Labute approximate surface area is 197 Å². The standard InChI is InChI=1S/C27H26FN5O/c28-23-24(21-12-19(34)11-18-4-1-2-5-20(18)21)29-13-22-25(23)30-27(32-8-3-9-32)31-26(22)33-14-16-6-7-17(10-16)15-33/h1-2,4-5,11-13,16-17,34H,3,6-10,14-15H2. The van der Waals surface area contributed by atoms with Crippen molar-refractivity contribution in [2.75, 3.05) is 36.0 Å². The molecule has 1 saturated carbocycles. The van der Waals surface area contributed by atoms with Gasteiger partial charge in [0, 0.05) is 37.9 Å². The van der Waals surface area contributed by atoms with E-state index in [1.54, 1.807) is 18.3 Å². The zero-order chi connectivity index (χ0) is 22.8. The van der Waals surface area contributed by atoms with Crippen LogP contribution in [-0.4, -0.2) is 46.2 Å². The van der Waals surface area contributed by atoms with Crippen LogP contribution in [0.25, 0.3) is 32.9 Å². The Kier molecular flexibility index (Phi) is 4.41. The fourth-order valence-electron chi connectivity index (χ4n) is 5.99. The third kappa shape index (κ3) is 3.10. The van der Waals surface area contributed by atoms with Gasteiger partial charge in [-0.3, -0.25) is 4.98 Å². The molecule has 172 valence electrons. The molecule has 4 heterocycles. The van der Waals surface area contributed by atoms with Crippen LogP contribution < -0.4 is 9.80 Å². The summed E-state index contributed by atoms with van der Waals surface area (Å²) in [6, 6.07) is 10.9. The normalized spacial score (nSPS) is 21.9. The number of hydrogen-bond donors (Lipinski definition) is 1. The molecule has 3 aliphatic rings.